The van der Waals surface area contributed by atoms with Crippen molar-refractivity contribution < 1.29 is 0 Å². The second-order valence-electron chi connectivity index (χ2n) is 4.94. The number of benzene rings is 1. The predicted octanol–water partition coefficient (Wildman–Crippen LogP) is 3.45. The summed E-state index contributed by atoms with van der Waals surface area (Å²) < 4.78 is 1.09. The van der Waals surface area contributed by atoms with Crippen molar-refractivity contribution in [1.82, 2.24) is 9.97 Å². The standard InChI is InChI=1S/C15H17BrN4/c16-13-5-3-4-12(8-13)10-17-14-9-15(19-11-18-14)20-6-1-2-7-20/h3-5,8-9,11H,1-2,6-7,10H2,(H,17,18,19). The maximum absolute atomic E-state index is 4.36. The third kappa shape index (κ3) is 3.28. The fourth-order valence-electron chi connectivity index (χ4n) is 2.40. The van der Waals surface area contributed by atoms with Gasteiger partial charge < -0.3 is 10.2 Å². The average molecular weight is 333 g/mol. The molecule has 2 heterocycles. The number of anilines is 2. The van der Waals surface area contributed by atoms with Gasteiger partial charge >= 0.3 is 0 Å². The number of nitrogens with zero attached hydrogens (tertiary/aromatic N) is 3. The molecule has 5 heteroatoms. The van der Waals surface area contributed by atoms with Gasteiger partial charge in [0.1, 0.15) is 18.0 Å². The lowest BCUT2D eigenvalue weighted by molar-refractivity contribution is 0.925. The smallest absolute Gasteiger partial charge is 0.134 e. The Bertz CT molecular complexity index is 582. The van der Waals surface area contributed by atoms with Crippen molar-refractivity contribution in [1.29, 1.82) is 0 Å². The van der Waals surface area contributed by atoms with Crippen LogP contribution in [0.15, 0.2) is 41.1 Å². The van der Waals surface area contributed by atoms with Crippen molar-refractivity contribution in [3.05, 3.63) is 46.7 Å². The summed E-state index contributed by atoms with van der Waals surface area (Å²) in [6.45, 7) is 2.96. The molecule has 1 aromatic carbocycles. The van der Waals surface area contributed by atoms with E-state index in [0.717, 1.165) is 35.7 Å². The van der Waals surface area contributed by atoms with Gasteiger partial charge in [0, 0.05) is 30.2 Å². The maximum atomic E-state index is 4.36. The van der Waals surface area contributed by atoms with Crippen molar-refractivity contribution in [2.24, 2.45) is 0 Å². The molecule has 0 saturated carbocycles. The number of hydrogen-bond acceptors (Lipinski definition) is 4. The summed E-state index contributed by atoms with van der Waals surface area (Å²) in [6, 6.07) is 10.3. The molecule has 1 aromatic heterocycles. The minimum absolute atomic E-state index is 0.760. The number of aromatic nitrogens is 2. The Morgan fingerprint density at radius 2 is 2.00 bits per heavy atom. The van der Waals surface area contributed by atoms with Gasteiger partial charge in [-0.2, -0.15) is 0 Å². The summed E-state index contributed by atoms with van der Waals surface area (Å²) in [5, 5.41) is 3.35. The molecule has 0 bridgehead atoms. The topological polar surface area (TPSA) is 41.0 Å². The average Bonchev–Trinajstić information content (AvgIpc) is 3.00. The molecule has 3 rings (SSSR count). The van der Waals surface area contributed by atoms with Crippen LogP contribution in [0.2, 0.25) is 0 Å². The third-order valence-electron chi connectivity index (χ3n) is 3.45. The summed E-state index contributed by atoms with van der Waals surface area (Å²) in [6.07, 6.45) is 4.15. The van der Waals surface area contributed by atoms with Crippen LogP contribution < -0.4 is 10.2 Å². The minimum Gasteiger partial charge on any atom is -0.366 e. The fraction of sp³-hybridized carbons (Fsp3) is 0.333. The molecule has 0 unspecified atom stereocenters. The number of hydrogen-bond donors (Lipinski definition) is 1. The Morgan fingerprint density at radius 1 is 1.15 bits per heavy atom. The van der Waals surface area contributed by atoms with Gasteiger partial charge in [-0.1, -0.05) is 28.1 Å². The Balaban J connectivity index is 1.66. The van der Waals surface area contributed by atoms with Crippen LogP contribution in [0.5, 0.6) is 0 Å². The van der Waals surface area contributed by atoms with E-state index in [1.165, 1.54) is 18.4 Å². The number of halogens is 1. The summed E-state index contributed by atoms with van der Waals surface area (Å²) in [5.41, 5.74) is 1.22. The predicted molar refractivity (Wildman–Crippen MR) is 84.9 cm³/mol. The van der Waals surface area contributed by atoms with Gasteiger partial charge in [-0.25, -0.2) is 9.97 Å². The summed E-state index contributed by atoms with van der Waals surface area (Å²) in [4.78, 5) is 11.0. The van der Waals surface area contributed by atoms with E-state index in [-0.39, 0.29) is 0 Å². The molecule has 4 nitrogen and oxygen atoms in total. The molecule has 20 heavy (non-hydrogen) atoms. The molecule has 1 aliphatic heterocycles. The van der Waals surface area contributed by atoms with Gasteiger partial charge in [0.05, 0.1) is 0 Å². The number of rotatable bonds is 4. The normalized spacial score (nSPS) is 14.6. The molecule has 0 amide bonds. The molecule has 0 aliphatic carbocycles. The van der Waals surface area contributed by atoms with Crippen molar-refractivity contribution in [3.8, 4) is 0 Å². The molecule has 0 atom stereocenters. The van der Waals surface area contributed by atoms with Gasteiger partial charge in [0.25, 0.3) is 0 Å². The zero-order chi connectivity index (χ0) is 13.8. The van der Waals surface area contributed by atoms with Crippen LogP contribution in [0.25, 0.3) is 0 Å². The first-order chi connectivity index (χ1) is 9.81. The molecule has 1 N–H and O–H groups in total. The number of nitrogens with one attached hydrogen (secondary N) is 1. The van der Waals surface area contributed by atoms with Crippen molar-refractivity contribution in [2.45, 2.75) is 19.4 Å². The van der Waals surface area contributed by atoms with Gasteiger partial charge in [-0.3, -0.25) is 0 Å². The fourth-order valence-corrected chi connectivity index (χ4v) is 2.85. The van der Waals surface area contributed by atoms with Crippen LogP contribution in [0.1, 0.15) is 18.4 Å². The lowest BCUT2D eigenvalue weighted by Crippen LogP contribution is -2.19. The largest absolute Gasteiger partial charge is 0.366 e. The Kier molecular flexibility index (Phi) is 4.16. The summed E-state index contributed by atoms with van der Waals surface area (Å²) in [5.74, 6) is 1.90. The summed E-state index contributed by atoms with van der Waals surface area (Å²) >= 11 is 3.48. The Hall–Kier alpha value is -1.62. The van der Waals surface area contributed by atoms with Crippen molar-refractivity contribution >= 4 is 27.6 Å². The molecule has 1 fully saturated rings. The molecule has 104 valence electrons. The van der Waals surface area contributed by atoms with Crippen LogP contribution >= 0.6 is 15.9 Å². The van der Waals surface area contributed by atoms with E-state index in [9.17, 15) is 0 Å². The zero-order valence-corrected chi connectivity index (χ0v) is 12.8. The second-order valence-corrected chi connectivity index (χ2v) is 5.85. The van der Waals surface area contributed by atoms with Gasteiger partial charge in [0.2, 0.25) is 0 Å². The Morgan fingerprint density at radius 3 is 2.80 bits per heavy atom. The second kappa shape index (κ2) is 6.22. The highest BCUT2D eigenvalue weighted by Crippen LogP contribution is 2.20. The first kappa shape index (κ1) is 13.4. The third-order valence-corrected chi connectivity index (χ3v) is 3.94. The maximum Gasteiger partial charge on any atom is 0.134 e. The van der Waals surface area contributed by atoms with Gasteiger partial charge in [-0.05, 0) is 30.5 Å². The van der Waals surface area contributed by atoms with E-state index in [4.69, 9.17) is 0 Å². The lowest BCUT2D eigenvalue weighted by Gasteiger charge is -2.16. The highest BCUT2D eigenvalue weighted by Gasteiger charge is 2.13. The molecule has 1 saturated heterocycles. The van der Waals surface area contributed by atoms with Crippen molar-refractivity contribution in [3.63, 3.8) is 0 Å². The van der Waals surface area contributed by atoms with Gasteiger partial charge in [0.15, 0.2) is 0 Å². The molecule has 1 aliphatic rings. The monoisotopic (exact) mass is 332 g/mol. The quantitative estimate of drug-likeness (QED) is 0.930. The van der Waals surface area contributed by atoms with E-state index in [2.05, 4.69) is 48.2 Å². The SMILES string of the molecule is Brc1cccc(CNc2cc(N3CCCC3)ncn2)c1. The highest BCUT2D eigenvalue weighted by molar-refractivity contribution is 9.10. The molecular weight excluding hydrogens is 316 g/mol. The Labute approximate surface area is 127 Å². The van der Waals surface area contributed by atoms with Crippen LogP contribution in [0.4, 0.5) is 11.6 Å². The molecule has 2 aromatic rings. The van der Waals surface area contributed by atoms with E-state index in [1.807, 2.05) is 18.2 Å². The van der Waals surface area contributed by atoms with Crippen LogP contribution in [0.3, 0.4) is 0 Å². The van der Waals surface area contributed by atoms with E-state index < -0.39 is 0 Å². The van der Waals surface area contributed by atoms with Gasteiger partial charge in [-0.15, -0.1) is 0 Å². The van der Waals surface area contributed by atoms with Crippen molar-refractivity contribution in [2.75, 3.05) is 23.3 Å². The molecular formula is C15H17BrN4. The molecule has 0 radical (unpaired) electrons. The van der Waals surface area contributed by atoms with E-state index in [0.29, 0.717) is 0 Å². The first-order valence-corrected chi connectivity index (χ1v) is 7.66. The first-order valence-electron chi connectivity index (χ1n) is 6.86. The minimum atomic E-state index is 0.760. The zero-order valence-electron chi connectivity index (χ0n) is 11.2. The van der Waals surface area contributed by atoms with E-state index >= 15 is 0 Å². The van der Waals surface area contributed by atoms with Crippen LogP contribution in [-0.4, -0.2) is 23.1 Å². The van der Waals surface area contributed by atoms with Crippen LogP contribution in [0, 0.1) is 0 Å². The molecule has 0 spiro atoms. The summed E-state index contributed by atoms with van der Waals surface area (Å²) in [7, 11) is 0. The lowest BCUT2D eigenvalue weighted by atomic mass is 10.2. The highest BCUT2D eigenvalue weighted by atomic mass is 79.9. The van der Waals surface area contributed by atoms with Crippen LogP contribution in [-0.2, 0) is 6.54 Å². The van der Waals surface area contributed by atoms with E-state index in [1.54, 1.807) is 6.33 Å².